The number of aliphatic hydroxyl groups is 1. The maximum absolute atomic E-state index is 14.0. The Hall–Kier alpha value is -7.43. The van der Waals surface area contributed by atoms with Gasteiger partial charge in [0.1, 0.15) is 35.0 Å². The average molecular weight is 1040 g/mol. The van der Waals surface area contributed by atoms with Crippen molar-refractivity contribution >= 4 is 64.0 Å². The number of alkyl halides is 3. The van der Waals surface area contributed by atoms with Crippen LogP contribution in [0.3, 0.4) is 0 Å². The summed E-state index contributed by atoms with van der Waals surface area (Å²) in [6.45, 7) is 8.10. The molecular weight excluding hydrogens is 991 g/mol. The number of hydrogen-bond donors (Lipinski definition) is 6. The molecule has 23 heteroatoms. The summed E-state index contributed by atoms with van der Waals surface area (Å²) in [5.41, 5.74) is 3.61. The van der Waals surface area contributed by atoms with E-state index in [1.165, 1.54) is 35.4 Å². The molecule has 0 unspecified atom stereocenters. The first-order valence-corrected chi connectivity index (χ1v) is 24.4. The lowest BCUT2D eigenvalue weighted by molar-refractivity contribution is -0.144. The van der Waals surface area contributed by atoms with Crippen LogP contribution >= 0.6 is 22.9 Å². The Balaban J connectivity index is 0.821. The highest BCUT2D eigenvalue weighted by Crippen LogP contribution is 2.36. The van der Waals surface area contributed by atoms with Crippen molar-refractivity contribution in [2.45, 2.75) is 97.4 Å². The first kappa shape index (κ1) is 53.4. The Kier molecular flexibility index (Phi) is 17.1. The number of nitrogens with zero attached hydrogens (tertiary/aromatic N) is 6. The average Bonchev–Trinajstić information content (AvgIpc) is 4.11. The highest BCUT2D eigenvalue weighted by Gasteiger charge is 2.44. The smallest absolute Gasteiger partial charge is 0.417 e. The fraction of sp³-hybridized carbons (Fsp3) is 0.340. The molecule has 1 fully saturated rings. The van der Waals surface area contributed by atoms with E-state index in [1.807, 2.05) is 52.0 Å². The third-order valence-electron chi connectivity index (χ3n) is 11.6. The van der Waals surface area contributed by atoms with E-state index in [2.05, 4.69) is 46.9 Å². The van der Waals surface area contributed by atoms with Crippen molar-refractivity contribution in [1.29, 1.82) is 0 Å². The Bertz CT molecular complexity index is 2930. The summed E-state index contributed by atoms with van der Waals surface area (Å²) < 4.78 is 47.1. The van der Waals surface area contributed by atoms with Crippen LogP contribution in [0, 0.1) is 12.3 Å². The number of thiazole rings is 1. The molecule has 18 nitrogen and oxygen atoms in total. The molecule has 6 aromatic rings. The summed E-state index contributed by atoms with van der Waals surface area (Å²) in [5, 5.41) is 31.8. The number of halogens is 4. The van der Waals surface area contributed by atoms with Gasteiger partial charge in [0.2, 0.25) is 17.7 Å². The molecule has 384 valence electrons. The molecule has 1 aliphatic rings. The van der Waals surface area contributed by atoms with Crippen LogP contribution in [0.1, 0.15) is 79.5 Å². The van der Waals surface area contributed by atoms with Crippen molar-refractivity contribution in [2.24, 2.45) is 5.41 Å². The maximum atomic E-state index is 14.0. The Labute approximate surface area is 427 Å². The molecule has 0 radical (unpaired) electrons. The number of amides is 6. The lowest BCUT2D eigenvalue weighted by Crippen LogP contribution is -2.57. The number of ether oxygens (including phenoxy) is 1. The van der Waals surface area contributed by atoms with E-state index in [1.54, 1.807) is 45.9 Å². The number of benzene rings is 3. The Morgan fingerprint density at radius 3 is 2.32 bits per heavy atom. The van der Waals surface area contributed by atoms with Gasteiger partial charge in [-0.15, -0.1) is 16.4 Å². The van der Waals surface area contributed by atoms with Crippen LogP contribution in [0.15, 0.2) is 96.8 Å². The van der Waals surface area contributed by atoms with Gasteiger partial charge in [-0.3, -0.25) is 28.8 Å². The van der Waals surface area contributed by atoms with Crippen LogP contribution in [0.4, 0.5) is 29.3 Å². The zero-order valence-electron chi connectivity index (χ0n) is 40.1. The van der Waals surface area contributed by atoms with E-state index in [0.29, 0.717) is 42.3 Å². The molecule has 0 spiro atoms. The van der Waals surface area contributed by atoms with E-state index in [4.69, 9.17) is 16.3 Å². The molecule has 7 rings (SSSR count). The number of urea groups is 1. The first-order valence-electron chi connectivity index (χ1n) is 23.1. The number of nitrogens with one attached hydrogen (secondary N) is 5. The van der Waals surface area contributed by atoms with E-state index in [9.17, 15) is 42.3 Å². The van der Waals surface area contributed by atoms with Crippen molar-refractivity contribution in [3.63, 3.8) is 0 Å². The second kappa shape index (κ2) is 23.4. The number of hydrogen-bond acceptors (Lipinski definition) is 12. The number of carbonyl (C=O) groups excluding carboxylic acids is 5. The second-order valence-electron chi connectivity index (χ2n) is 18.3. The molecule has 6 amide bonds. The minimum Gasteiger partial charge on any atom is -0.457 e. The molecule has 3 aromatic heterocycles. The van der Waals surface area contributed by atoms with Crippen LogP contribution in [-0.2, 0) is 40.2 Å². The van der Waals surface area contributed by atoms with E-state index < -0.39 is 58.2 Å². The van der Waals surface area contributed by atoms with E-state index in [0.717, 1.165) is 33.8 Å². The molecular formula is C50H53ClF3N11O7S. The van der Waals surface area contributed by atoms with Crippen LogP contribution in [0.5, 0.6) is 11.5 Å². The van der Waals surface area contributed by atoms with E-state index >= 15 is 0 Å². The monoisotopic (exact) mass is 1040 g/mol. The molecule has 4 heterocycles. The SMILES string of the molecule is Cc1ncsc1-c1ccc(CNC(=O)[C@@H]2C[C@@H](O)CN2C(=O)[C@@H](NC(=O)CCCCn2cc(CNC(=O)c3cc(Oc4ccc(NC(=O)Nc5ccc(Cl)c(C(F)(F)F)c5)cc4)ccn3)nn2)C(C)(C)C)cc1. The Morgan fingerprint density at radius 2 is 1.62 bits per heavy atom. The predicted octanol–water partition coefficient (Wildman–Crippen LogP) is 8.12. The van der Waals surface area contributed by atoms with Crippen molar-refractivity contribution in [1.82, 2.24) is 45.8 Å². The van der Waals surface area contributed by atoms with Crippen molar-refractivity contribution in [2.75, 3.05) is 17.2 Å². The summed E-state index contributed by atoms with van der Waals surface area (Å²) in [6, 6.07) is 17.3. The number of rotatable bonds is 18. The van der Waals surface area contributed by atoms with Gasteiger partial charge < -0.3 is 41.3 Å². The van der Waals surface area contributed by atoms with Gasteiger partial charge in [0.05, 0.1) is 45.5 Å². The lowest BCUT2D eigenvalue weighted by Gasteiger charge is -2.35. The Morgan fingerprint density at radius 1 is 0.890 bits per heavy atom. The zero-order valence-corrected chi connectivity index (χ0v) is 41.7. The number of carbonyl (C=O) groups is 5. The topological polar surface area (TPSA) is 235 Å². The summed E-state index contributed by atoms with van der Waals surface area (Å²) in [6.07, 6.45) is -1.31. The molecule has 6 N–H and O–H groups in total. The number of unbranched alkanes of at least 4 members (excludes halogenated alkanes) is 1. The highest BCUT2D eigenvalue weighted by molar-refractivity contribution is 7.13. The molecule has 0 saturated carbocycles. The van der Waals surface area contributed by atoms with Gasteiger partial charge in [-0.05, 0) is 84.8 Å². The van der Waals surface area contributed by atoms with Crippen molar-refractivity contribution in [3.8, 4) is 21.9 Å². The largest absolute Gasteiger partial charge is 0.457 e. The number of pyridine rings is 1. The molecule has 73 heavy (non-hydrogen) atoms. The molecule has 0 aliphatic carbocycles. The number of aryl methyl sites for hydroxylation is 2. The summed E-state index contributed by atoms with van der Waals surface area (Å²) >= 11 is 7.21. The number of aliphatic hydroxyl groups excluding tert-OH is 1. The van der Waals surface area contributed by atoms with Gasteiger partial charge in [-0.2, -0.15) is 13.2 Å². The highest BCUT2D eigenvalue weighted by atomic mass is 35.5. The standard InChI is InChI=1S/C50H53ClF3N11O7S/c1-29-43(73-28-58-29)31-10-8-30(9-11-31)24-56-46(69)41-22-35(66)27-65(41)47(70)44(49(2,3)4)61-42(67)7-5-6-20-64-26-34(62-63-64)25-57-45(68)40-23-37(18-19-55-40)72-36-15-12-32(13-16-36)59-48(71)60-33-14-17-39(51)38(21-33)50(52,53)54/h8-19,21,23,26,28,35,41,44,66H,5-7,20,22,24-25,27H2,1-4H3,(H,56,69)(H,57,68)(H,61,67)(H2,59,60,71)/t35-,41+,44-/m1/s1. The minimum absolute atomic E-state index is 0.0342. The molecule has 1 aliphatic heterocycles. The first-order chi connectivity index (χ1) is 34.7. The van der Waals surface area contributed by atoms with Gasteiger partial charge >= 0.3 is 12.2 Å². The number of β-amino-alcohol motifs (C(OH)–C–C–N with tert-alkyl or cyclic N) is 1. The van der Waals surface area contributed by atoms with Crippen LogP contribution < -0.4 is 31.3 Å². The third kappa shape index (κ3) is 14.6. The van der Waals surface area contributed by atoms with Gasteiger partial charge in [0.25, 0.3) is 5.91 Å². The molecule has 3 aromatic carbocycles. The van der Waals surface area contributed by atoms with Crippen LogP contribution in [0.2, 0.25) is 5.02 Å². The number of anilines is 2. The number of aromatic nitrogens is 5. The maximum Gasteiger partial charge on any atom is 0.417 e. The fourth-order valence-corrected chi connectivity index (χ4v) is 8.85. The fourth-order valence-electron chi connectivity index (χ4n) is 7.82. The van der Waals surface area contributed by atoms with Crippen molar-refractivity contribution in [3.05, 3.63) is 130 Å². The molecule has 1 saturated heterocycles. The third-order valence-corrected chi connectivity index (χ3v) is 12.9. The predicted molar refractivity (Wildman–Crippen MR) is 267 cm³/mol. The lowest BCUT2D eigenvalue weighted by atomic mass is 9.85. The van der Waals surface area contributed by atoms with Gasteiger partial charge in [-0.1, -0.05) is 61.9 Å². The van der Waals surface area contributed by atoms with Gasteiger partial charge in [0.15, 0.2) is 0 Å². The molecule has 0 bridgehead atoms. The normalized spacial score (nSPS) is 15.1. The van der Waals surface area contributed by atoms with Gasteiger partial charge in [-0.25, -0.2) is 9.78 Å². The molecule has 3 atom stereocenters. The van der Waals surface area contributed by atoms with Gasteiger partial charge in [0, 0.05) is 56.1 Å². The van der Waals surface area contributed by atoms with Crippen LogP contribution in [-0.4, -0.2) is 89.4 Å². The summed E-state index contributed by atoms with van der Waals surface area (Å²) in [4.78, 5) is 77.1. The minimum atomic E-state index is -4.69. The van der Waals surface area contributed by atoms with Crippen molar-refractivity contribution < 1.29 is 47.0 Å². The summed E-state index contributed by atoms with van der Waals surface area (Å²) in [7, 11) is 0. The second-order valence-corrected chi connectivity index (χ2v) is 19.6. The number of likely N-dealkylation sites (tertiary alicyclic amines) is 1. The summed E-state index contributed by atoms with van der Waals surface area (Å²) in [5.74, 6) is -1.03. The van der Waals surface area contributed by atoms with E-state index in [-0.39, 0.29) is 55.7 Å². The quantitative estimate of drug-likeness (QED) is 0.0450. The zero-order chi connectivity index (χ0) is 52.5. The van der Waals surface area contributed by atoms with Crippen LogP contribution in [0.25, 0.3) is 10.4 Å².